The van der Waals surface area contributed by atoms with Crippen molar-refractivity contribution in [3.8, 4) is 11.5 Å². The van der Waals surface area contributed by atoms with E-state index in [1.807, 2.05) is 18.2 Å². The van der Waals surface area contributed by atoms with Crippen LogP contribution in [-0.4, -0.2) is 55.5 Å². The van der Waals surface area contributed by atoms with Crippen LogP contribution in [0.25, 0.3) is 0 Å². The molecule has 1 aromatic rings. The Balaban J connectivity index is 1.56. The molecule has 1 fully saturated rings. The maximum Gasteiger partial charge on any atom is 0.304 e. The van der Waals surface area contributed by atoms with Crippen LogP contribution in [0.2, 0.25) is 0 Å². The number of fused-ring (bicyclic) bond motifs is 1. The standard InChI is InChI=1S/C14H18N2O4/c17-14(18)3-4-15-5-7-16(8-6-15)11-1-2-12-13(9-11)20-10-19-12/h1-2,9H,3-8,10H2,(H,17,18). The second-order valence-corrected chi connectivity index (χ2v) is 5.01. The summed E-state index contributed by atoms with van der Waals surface area (Å²) in [4.78, 5) is 15.1. The second kappa shape index (κ2) is 5.58. The van der Waals surface area contributed by atoms with E-state index in [2.05, 4.69) is 9.80 Å². The lowest BCUT2D eigenvalue weighted by Crippen LogP contribution is -2.46. The van der Waals surface area contributed by atoms with Crippen molar-refractivity contribution in [1.82, 2.24) is 4.90 Å². The van der Waals surface area contributed by atoms with Crippen molar-refractivity contribution in [3.63, 3.8) is 0 Å². The van der Waals surface area contributed by atoms with E-state index < -0.39 is 5.97 Å². The molecule has 1 saturated heterocycles. The Morgan fingerprint density at radius 3 is 2.65 bits per heavy atom. The van der Waals surface area contributed by atoms with E-state index in [1.54, 1.807) is 0 Å². The molecule has 6 heteroatoms. The van der Waals surface area contributed by atoms with Gasteiger partial charge in [-0.2, -0.15) is 0 Å². The average molecular weight is 278 g/mol. The van der Waals surface area contributed by atoms with Gasteiger partial charge in [-0.1, -0.05) is 0 Å². The van der Waals surface area contributed by atoms with Crippen LogP contribution in [0.15, 0.2) is 18.2 Å². The van der Waals surface area contributed by atoms with Gasteiger partial charge in [0.25, 0.3) is 0 Å². The number of carboxylic acids is 1. The molecule has 108 valence electrons. The molecule has 20 heavy (non-hydrogen) atoms. The zero-order chi connectivity index (χ0) is 13.9. The minimum absolute atomic E-state index is 0.212. The predicted octanol–water partition coefficient (Wildman–Crippen LogP) is 1.01. The van der Waals surface area contributed by atoms with Gasteiger partial charge < -0.3 is 19.5 Å². The second-order valence-electron chi connectivity index (χ2n) is 5.01. The summed E-state index contributed by atoms with van der Waals surface area (Å²) in [6.45, 7) is 4.51. The summed E-state index contributed by atoms with van der Waals surface area (Å²) in [7, 11) is 0. The highest BCUT2D eigenvalue weighted by Crippen LogP contribution is 2.35. The molecule has 0 spiro atoms. The predicted molar refractivity (Wildman–Crippen MR) is 73.5 cm³/mol. The highest BCUT2D eigenvalue weighted by molar-refractivity contribution is 5.66. The molecule has 3 rings (SSSR count). The monoisotopic (exact) mass is 278 g/mol. The Morgan fingerprint density at radius 2 is 1.90 bits per heavy atom. The van der Waals surface area contributed by atoms with Gasteiger partial charge in [0.15, 0.2) is 11.5 Å². The summed E-state index contributed by atoms with van der Waals surface area (Å²) in [5, 5.41) is 8.70. The van der Waals surface area contributed by atoms with Crippen LogP contribution in [0, 0.1) is 0 Å². The number of ether oxygens (including phenoxy) is 2. The van der Waals surface area contributed by atoms with Crippen LogP contribution >= 0.6 is 0 Å². The molecule has 1 aromatic carbocycles. The van der Waals surface area contributed by atoms with Crippen molar-refractivity contribution in [1.29, 1.82) is 0 Å². The topological polar surface area (TPSA) is 62.2 Å². The zero-order valence-electron chi connectivity index (χ0n) is 11.2. The third-order valence-corrected chi connectivity index (χ3v) is 3.74. The largest absolute Gasteiger partial charge is 0.481 e. The first-order valence-corrected chi connectivity index (χ1v) is 6.81. The van der Waals surface area contributed by atoms with Gasteiger partial charge in [0.1, 0.15) is 0 Å². The van der Waals surface area contributed by atoms with Crippen LogP contribution in [0.5, 0.6) is 11.5 Å². The van der Waals surface area contributed by atoms with Gasteiger partial charge in [-0.25, -0.2) is 0 Å². The van der Waals surface area contributed by atoms with Gasteiger partial charge >= 0.3 is 5.97 Å². The first-order valence-electron chi connectivity index (χ1n) is 6.81. The lowest BCUT2D eigenvalue weighted by molar-refractivity contribution is -0.137. The molecule has 0 aliphatic carbocycles. The molecule has 0 bridgehead atoms. The highest BCUT2D eigenvalue weighted by atomic mass is 16.7. The molecule has 0 saturated carbocycles. The third kappa shape index (κ3) is 2.80. The summed E-state index contributed by atoms with van der Waals surface area (Å²) < 4.78 is 10.7. The molecule has 2 aliphatic heterocycles. The van der Waals surface area contributed by atoms with Crippen molar-refractivity contribution in [2.45, 2.75) is 6.42 Å². The summed E-state index contributed by atoms with van der Waals surface area (Å²) in [6, 6.07) is 5.99. The quantitative estimate of drug-likeness (QED) is 0.887. The van der Waals surface area contributed by atoms with E-state index in [4.69, 9.17) is 14.6 Å². The number of carboxylic acid groups (broad SMARTS) is 1. The Bertz CT molecular complexity index is 498. The van der Waals surface area contributed by atoms with E-state index in [0.29, 0.717) is 13.3 Å². The van der Waals surface area contributed by atoms with Gasteiger partial charge in [-0.05, 0) is 12.1 Å². The minimum Gasteiger partial charge on any atom is -0.481 e. The van der Waals surface area contributed by atoms with Crippen molar-refractivity contribution >= 4 is 11.7 Å². The van der Waals surface area contributed by atoms with E-state index in [9.17, 15) is 4.79 Å². The first kappa shape index (κ1) is 13.1. The van der Waals surface area contributed by atoms with Crippen LogP contribution < -0.4 is 14.4 Å². The molecule has 0 aromatic heterocycles. The zero-order valence-corrected chi connectivity index (χ0v) is 11.2. The van der Waals surface area contributed by atoms with Gasteiger partial charge in [0, 0.05) is 44.5 Å². The average Bonchev–Trinajstić information content (AvgIpc) is 2.93. The number of hydrogen-bond donors (Lipinski definition) is 1. The van der Waals surface area contributed by atoms with Crippen molar-refractivity contribution in [2.24, 2.45) is 0 Å². The summed E-state index contributed by atoms with van der Waals surface area (Å²) in [5.41, 5.74) is 1.13. The maximum atomic E-state index is 10.6. The van der Waals surface area contributed by atoms with Crippen LogP contribution in [0.1, 0.15) is 6.42 Å². The summed E-state index contributed by atoms with van der Waals surface area (Å²) in [5.74, 6) is 0.868. The Labute approximate surface area is 117 Å². The molecule has 2 aliphatic rings. The number of benzene rings is 1. The number of hydrogen-bond acceptors (Lipinski definition) is 5. The molecule has 0 amide bonds. The fraction of sp³-hybridized carbons (Fsp3) is 0.500. The van der Waals surface area contributed by atoms with E-state index in [1.165, 1.54) is 0 Å². The number of piperazine rings is 1. The Morgan fingerprint density at radius 1 is 1.15 bits per heavy atom. The molecule has 1 N–H and O–H groups in total. The van der Waals surface area contributed by atoms with Crippen LogP contribution in [0.4, 0.5) is 5.69 Å². The molecule has 0 unspecified atom stereocenters. The molecular formula is C14H18N2O4. The molecule has 0 radical (unpaired) electrons. The van der Waals surface area contributed by atoms with E-state index in [-0.39, 0.29) is 6.42 Å². The molecular weight excluding hydrogens is 260 g/mol. The highest BCUT2D eigenvalue weighted by Gasteiger charge is 2.20. The number of anilines is 1. The summed E-state index contributed by atoms with van der Waals surface area (Å²) in [6.07, 6.45) is 0.212. The van der Waals surface area contributed by atoms with Crippen LogP contribution in [0.3, 0.4) is 0 Å². The van der Waals surface area contributed by atoms with Gasteiger partial charge in [0.05, 0.1) is 6.42 Å². The van der Waals surface area contributed by atoms with E-state index in [0.717, 1.165) is 43.4 Å². The van der Waals surface area contributed by atoms with Crippen molar-refractivity contribution in [2.75, 3.05) is 44.4 Å². The van der Waals surface area contributed by atoms with Gasteiger partial charge in [-0.15, -0.1) is 0 Å². The van der Waals surface area contributed by atoms with Gasteiger partial charge in [-0.3, -0.25) is 9.69 Å². The number of aliphatic carboxylic acids is 1. The number of carbonyl (C=O) groups is 1. The van der Waals surface area contributed by atoms with Crippen molar-refractivity contribution < 1.29 is 19.4 Å². The first-order chi connectivity index (χ1) is 9.72. The number of rotatable bonds is 4. The minimum atomic E-state index is -0.733. The molecule has 0 atom stereocenters. The third-order valence-electron chi connectivity index (χ3n) is 3.74. The fourth-order valence-corrected chi connectivity index (χ4v) is 2.57. The summed E-state index contributed by atoms with van der Waals surface area (Å²) >= 11 is 0. The Kier molecular flexibility index (Phi) is 3.64. The molecule has 6 nitrogen and oxygen atoms in total. The maximum absolute atomic E-state index is 10.6. The van der Waals surface area contributed by atoms with E-state index >= 15 is 0 Å². The van der Waals surface area contributed by atoms with Crippen molar-refractivity contribution in [3.05, 3.63) is 18.2 Å². The number of nitrogens with zero attached hydrogens (tertiary/aromatic N) is 2. The lowest BCUT2D eigenvalue weighted by atomic mass is 10.2. The SMILES string of the molecule is O=C(O)CCN1CCN(c2ccc3c(c2)OCO3)CC1. The lowest BCUT2D eigenvalue weighted by Gasteiger charge is -2.35. The van der Waals surface area contributed by atoms with Gasteiger partial charge in [0.2, 0.25) is 6.79 Å². The molecule has 2 heterocycles. The van der Waals surface area contributed by atoms with Crippen LogP contribution in [-0.2, 0) is 4.79 Å². The Hall–Kier alpha value is -1.95. The normalized spacial score (nSPS) is 18.3. The fourth-order valence-electron chi connectivity index (χ4n) is 2.57. The smallest absolute Gasteiger partial charge is 0.304 e.